The Bertz CT molecular complexity index is 826. The zero-order valence-electron chi connectivity index (χ0n) is 16.3. The topological polar surface area (TPSA) is 49.9 Å². The van der Waals surface area contributed by atoms with E-state index in [4.69, 9.17) is 4.74 Å². The molecule has 1 aromatic carbocycles. The number of benzene rings is 1. The normalized spacial score (nSPS) is 23.4. The fourth-order valence-corrected chi connectivity index (χ4v) is 5.18. The SMILES string of the molecule is COC1CCN(C(=O)C2CC(=O)N(c3ccc(C)cc3)C2c2cccs2)CC1. The summed E-state index contributed by atoms with van der Waals surface area (Å²) in [6, 6.07) is 11.8. The van der Waals surface area contributed by atoms with Gasteiger partial charge in [-0.2, -0.15) is 0 Å². The van der Waals surface area contributed by atoms with Gasteiger partial charge in [0.2, 0.25) is 11.8 Å². The number of piperidine rings is 1. The molecule has 2 amide bonds. The van der Waals surface area contributed by atoms with Crippen LogP contribution in [0.25, 0.3) is 0 Å². The van der Waals surface area contributed by atoms with Crippen molar-refractivity contribution >= 4 is 28.8 Å². The van der Waals surface area contributed by atoms with Gasteiger partial charge in [0.15, 0.2) is 0 Å². The van der Waals surface area contributed by atoms with E-state index in [0.717, 1.165) is 29.0 Å². The number of hydrogen-bond donors (Lipinski definition) is 0. The zero-order chi connectivity index (χ0) is 19.7. The zero-order valence-corrected chi connectivity index (χ0v) is 17.2. The van der Waals surface area contributed by atoms with E-state index >= 15 is 0 Å². The first kappa shape index (κ1) is 19.2. The van der Waals surface area contributed by atoms with Gasteiger partial charge in [0.1, 0.15) is 0 Å². The van der Waals surface area contributed by atoms with Crippen molar-refractivity contribution in [3.63, 3.8) is 0 Å². The summed E-state index contributed by atoms with van der Waals surface area (Å²) < 4.78 is 5.43. The summed E-state index contributed by atoms with van der Waals surface area (Å²) in [5, 5.41) is 2.01. The number of rotatable bonds is 4. The number of methoxy groups -OCH3 is 1. The number of aryl methyl sites for hydroxylation is 1. The summed E-state index contributed by atoms with van der Waals surface area (Å²) in [7, 11) is 1.73. The summed E-state index contributed by atoms with van der Waals surface area (Å²) in [6.07, 6.45) is 2.20. The maximum absolute atomic E-state index is 13.4. The fourth-order valence-electron chi connectivity index (χ4n) is 4.30. The molecule has 148 valence electrons. The average molecular weight is 399 g/mol. The molecule has 0 N–H and O–H groups in total. The molecule has 2 fully saturated rings. The van der Waals surface area contributed by atoms with Gasteiger partial charge in [-0.05, 0) is 43.3 Å². The van der Waals surface area contributed by atoms with Gasteiger partial charge in [-0.15, -0.1) is 11.3 Å². The largest absolute Gasteiger partial charge is 0.381 e. The highest BCUT2D eigenvalue weighted by Gasteiger charge is 2.47. The molecule has 3 heterocycles. The molecular formula is C22H26N2O3S. The second-order valence-electron chi connectivity index (χ2n) is 7.63. The lowest BCUT2D eigenvalue weighted by molar-refractivity contribution is -0.138. The smallest absolute Gasteiger partial charge is 0.228 e. The predicted molar refractivity (Wildman–Crippen MR) is 110 cm³/mol. The van der Waals surface area contributed by atoms with E-state index in [1.165, 1.54) is 0 Å². The van der Waals surface area contributed by atoms with Crippen molar-refractivity contribution < 1.29 is 14.3 Å². The van der Waals surface area contributed by atoms with E-state index in [9.17, 15) is 9.59 Å². The number of hydrogen-bond acceptors (Lipinski definition) is 4. The number of thiophene rings is 1. The van der Waals surface area contributed by atoms with Gasteiger partial charge < -0.3 is 14.5 Å². The van der Waals surface area contributed by atoms with Gasteiger partial charge in [0.25, 0.3) is 0 Å². The van der Waals surface area contributed by atoms with Crippen LogP contribution in [0.5, 0.6) is 0 Å². The lowest BCUT2D eigenvalue weighted by atomic mass is 9.95. The molecule has 1 aromatic heterocycles. The Morgan fingerprint density at radius 2 is 1.86 bits per heavy atom. The second kappa shape index (κ2) is 8.05. The molecule has 0 saturated carbocycles. The summed E-state index contributed by atoms with van der Waals surface area (Å²) in [6.45, 7) is 3.43. The Kier molecular flexibility index (Phi) is 5.51. The Labute approximate surface area is 169 Å². The van der Waals surface area contributed by atoms with Crippen LogP contribution in [-0.4, -0.2) is 43.0 Å². The predicted octanol–water partition coefficient (Wildman–Crippen LogP) is 3.79. The van der Waals surface area contributed by atoms with E-state index in [1.54, 1.807) is 18.4 Å². The average Bonchev–Trinajstić information content (AvgIpc) is 3.36. The Morgan fingerprint density at radius 1 is 1.14 bits per heavy atom. The van der Waals surface area contributed by atoms with Crippen molar-refractivity contribution in [2.75, 3.05) is 25.1 Å². The molecule has 5 nitrogen and oxygen atoms in total. The third kappa shape index (κ3) is 3.59. The number of amides is 2. The summed E-state index contributed by atoms with van der Waals surface area (Å²) in [5.74, 6) is -0.227. The lowest BCUT2D eigenvalue weighted by Gasteiger charge is -2.35. The Balaban J connectivity index is 1.62. The van der Waals surface area contributed by atoms with Crippen molar-refractivity contribution in [2.45, 2.75) is 38.3 Å². The number of carbonyl (C=O) groups excluding carboxylic acids is 2. The van der Waals surface area contributed by atoms with E-state index in [0.29, 0.717) is 13.1 Å². The van der Waals surface area contributed by atoms with Crippen molar-refractivity contribution in [3.8, 4) is 0 Å². The molecule has 2 atom stereocenters. The van der Waals surface area contributed by atoms with Crippen molar-refractivity contribution in [1.29, 1.82) is 0 Å². The minimum Gasteiger partial charge on any atom is -0.381 e. The molecule has 2 saturated heterocycles. The highest BCUT2D eigenvalue weighted by Crippen LogP contribution is 2.44. The van der Waals surface area contributed by atoms with Gasteiger partial charge in [0, 0.05) is 37.2 Å². The third-order valence-electron chi connectivity index (χ3n) is 5.87. The second-order valence-corrected chi connectivity index (χ2v) is 8.61. The molecular weight excluding hydrogens is 372 g/mol. The summed E-state index contributed by atoms with van der Waals surface area (Å²) >= 11 is 1.61. The van der Waals surface area contributed by atoms with Crippen LogP contribution in [-0.2, 0) is 14.3 Å². The minimum absolute atomic E-state index is 0.0207. The van der Waals surface area contributed by atoms with Crippen LogP contribution in [0, 0.1) is 12.8 Å². The van der Waals surface area contributed by atoms with Gasteiger partial charge in [0.05, 0.1) is 18.1 Å². The number of anilines is 1. The fraction of sp³-hybridized carbons (Fsp3) is 0.455. The highest BCUT2D eigenvalue weighted by atomic mass is 32.1. The number of ether oxygens (including phenoxy) is 1. The van der Waals surface area contributed by atoms with Gasteiger partial charge in [-0.3, -0.25) is 9.59 Å². The molecule has 0 radical (unpaired) electrons. The lowest BCUT2D eigenvalue weighted by Crippen LogP contribution is -2.44. The molecule has 4 rings (SSSR count). The molecule has 2 aromatic rings. The quantitative estimate of drug-likeness (QED) is 0.787. The van der Waals surface area contributed by atoms with E-state index in [1.807, 2.05) is 58.5 Å². The first-order valence-corrected chi connectivity index (χ1v) is 10.7. The molecule has 2 unspecified atom stereocenters. The molecule has 28 heavy (non-hydrogen) atoms. The first-order chi connectivity index (χ1) is 13.6. The maximum Gasteiger partial charge on any atom is 0.228 e. The van der Waals surface area contributed by atoms with Crippen LogP contribution < -0.4 is 4.90 Å². The van der Waals surface area contributed by atoms with Crippen LogP contribution in [0.15, 0.2) is 41.8 Å². The van der Waals surface area contributed by atoms with Crippen molar-refractivity contribution in [2.24, 2.45) is 5.92 Å². The number of carbonyl (C=O) groups is 2. The molecule has 0 spiro atoms. The molecule has 2 aliphatic heterocycles. The Hall–Kier alpha value is -2.18. The number of likely N-dealkylation sites (tertiary alicyclic amines) is 1. The van der Waals surface area contributed by atoms with Gasteiger partial charge >= 0.3 is 0 Å². The van der Waals surface area contributed by atoms with Gasteiger partial charge in [-0.1, -0.05) is 23.8 Å². The molecule has 2 aliphatic rings. The van der Waals surface area contributed by atoms with E-state index < -0.39 is 0 Å². The van der Waals surface area contributed by atoms with E-state index in [2.05, 4.69) is 0 Å². The number of nitrogens with zero attached hydrogens (tertiary/aromatic N) is 2. The standard InChI is InChI=1S/C22H26N2O3S/c1-15-5-7-16(8-6-15)24-20(25)14-18(21(24)19-4-3-13-28-19)22(26)23-11-9-17(27-2)10-12-23/h3-8,13,17-18,21H,9-12,14H2,1-2H3. The maximum atomic E-state index is 13.4. The van der Waals surface area contributed by atoms with Crippen LogP contribution in [0.1, 0.15) is 35.7 Å². The van der Waals surface area contributed by atoms with Crippen molar-refractivity contribution in [3.05, 3.63) is 52.2 Å². The van der Waals surface area contributed by atoms with Crippen LogP contribution >= 0.6 is 11.3 Å². The van der Waals surface area contributed by atoms with Crippen LogP contribution in [0.2, 0.25) is 0 Å². The Morgan fingerprint density at radius 3 is 2.46 bits per heavy atom. The van der Waals surface area contributed by atoms with Crippen LogP contribution in [0.4, 0.5) is 5.69 Å². The van der Waals surface area contributed by atoms with Gasteiger partial charge in [-0.25, -0.2) is 0 Å². The highest BCUT2D eigenvalue weighted by molar-refractivity contribution is 7.10. The molecule has 6 heteroatoms. The molecule has 0 bridgehead atoms. The van der Waals surface area contributed by atoms with Crippen LogP contribution in [0.3, 0.4) is 0 Å². The minimum atomic E-state index is -0.341. The summed E-state index contributed by atoms with van der Waals surface area (Å²) in [4.78, 5) is 31.2. The third-order valence-corrected chi connectivity index (χ3v) is 6.82. The van der Waals surface area contributed by atoms with E-state index in [-0.39, 0.29) is 36.3 Å². The van der Waals surface area contributed by atoms with Crippen molar-refractivity contribution in [1.82, 2.24) is 4.90 Å². The summed E-state index contributed by atoms with van der Waals surface area (Å²) in [5.41, 5.74) is 2.01. The monoisotopic (exact) mass is 398 g/mol. The first-order valence-electron chi connectivity index (χ1n) is 9.82. The molecule has 0 aliphatic carbocycles.